The van der Waals surface area contributed by atoms with Gasteiger partial charge < -0.3 is 65.1 Å². The van der Waals surface area contributed by atoms with Crippen LogP contribution in [0.5, 0.6) is 0 Å². The van der Waals surface area contributed by atoms with Crippen molar-refractivity contribution in [3.05, 3.63) is 36.5 Å². The van der Waals surface area contributed by atoms with Crippen LogP contribution in [0.15, 0.2) is 36.5 Å². The average molecular weight is 830 g/mol. The highest BCUT2D eigenvalue weighted by Gasteiger charge is 2.50. The van der Waals surface area contributed by atoms with Gasteiger partial charge in [-0.3, -0.25) is 4.79 Å². The van der Waals surface area contributed by atoms with E-state index in [9.17, 15) is 45.6 Å². The molecule has 2 heterocycles. The molecular formula is C44H79NO13. The van der Waals surface area contributed by atoms with Gasteiger partial charge in [-0.05, 0) is 44.9 Å². The molecule has 0 spiro atoms. The molecule has 12 atom stereocenters. The van der Waals surface area contributed by atoms with Crippen LogP contribution < -0.4 is 5.32 Å². The third-order valence-electron chi connectivity index (χ3n) is 10.8. The van der Waals surface area contributed by atoms with Crippen molar-refractivity contribution in [2.24, 2.45) is 0 Å². The fraction of sp³-hybridized carbons (Fsp3) is 0.841. The summed E-state index contributed by atoms with van der Waals surface area (Å²) in [5.41, 5.74) is 0. The monoisotopic (exact) mass is 830 g/mol. The van der Waals surface area contributed by atoms with E-state index in [1.807, 2.05) is 13.0 Å². The third-order valence-corrected chi connectivity index (χ3v) is 10.8. The maximum Gasteiger partial charge on any atom is 0.220 e. The molecule has 338 valence electrons. The summed E-state index contributed by atoms with van der Waals surface area (Å²) in [5, 5.41) is 85.6. The van der Waals surface area contributed by atoms with Gasteiger partial charge in [-0.1, -0.05) is 127 Å². The summed E-state index contributed by atoms with van der Waals surface area (Å²) >= 11 is 0. The predicted molar refractivity (Wildman–Crippen MR) is 221 cm³/mol. The zero-order valence-electron chi connectivity index (χ0n) is 35.3. The number of aliphatic hydroxyl groups excluding tert-OH is 8. The van der Waals surface area contributed by atoms with Crippen LogP contribution in [0.25, 0.3) is 0 Å². The van der Waals surface area contributed by atoms with Crippen LogP contribution in [-0.4, -0.2) is 140 Å². The van der Waals surface area contributed by atoms with E-state index in [2.05, 4.69) is 36.5 Å². The molecule has 0 radical (unpaired) electrons. The van der Waals surface area contributed by atoms with Crippen LogP contribution in [-0.2, 0) is 23.7 Å². The number of aliphatic hydroxyl groups is 8. The molecule has 2 fully saturated rings. The van der Waals surface area contributed by atoms with Crippen LogP contribution in [0.1, 0.15) is 142 Å². The number of hydrogen-bond acceptors (Lipinski definition) is 13. The Morgan fingerprint density at radius 3 is 1.67 bits per heavy atom. The maximum atomic E-state index is 12.6. The minimum atomic E-state index is -1.79. The van der Waals surface area contributed by atoms with Gasteiger partial charge in [0.2, 0.25) is 5.91 Å². The lowest BCUT2D eigenvalue weighted by molar-refractivity contribution is -0.359. The quantitative estimate of drug-likeness (QED) is 0.0346. The molecule has 14 nitrogen and oxygen atoms in total. The summed E-state index contributed by atoms with van der Waals surface area (Å²) < 4.78 is 22.4. The molecule has 0 bridgehead atoms. The van der Waals surface area contributed by atoms with Crippen LogP contribution in [0, 0.1) is 0 Å². The molecule has 0 saturated carbocycles. The number of nitrogens with one attached hydrogen (secondary N) is 1. The first-order chi connectivity index (χ1) is 28.1. The normalized spacial score (nSPS) is 29.1. The van der Waals surface area contributed by atoms with Crippen LogP contribution in [0.2, 0.25) is 0 Å². The van der Waals surface area contributed by atoms with Gasteiger partial charge in [0.05, 0.1) is 32.0 Å². The standard InChI is InChI=1S/C44H79NO13/c1-3-5-7-8-9-10-11-12-13-14-15-16-17-18-19-20-21-22-23-24-25-26-27-33(48)32(45-36(49)28-6-4-2)31-55-43-41(54)39(52)42(35(30-47)57-43)58-44-40(53)38(51)37(50)34(29-46)56-44/h18-19,22-23,26-27,32-35,37-44,46-48,50-54H,3-17,20-21,24-25,28-31H2,1-2H3,(H,45,49)/b19-18+,23-22+,27-26+. The molecule has 0 aromatic carbocycles. The molecule has 0 aliphatic carbocycles. The summed E-state index contributed by atoms with van der Waals surface area (Å²) in [5.74, 6) is -0.291. The highest BCUT2D eigenvalue weighted by Crippen LogP contribution is 2.30. The van der Waals surface area contributed by atoms with E-state index in [-0.39, 0.29) is 18.9 Å². The van der Waals surface area contributed by atoms with Gasteiger partial charge in [-0.2, -0.15) is 0 Å². The fourth-order valence-electron chi connectivity index (χ4n) is 7.06. The third kappa shape index (κ3) is 20.2. The first-order valence-corrected chi connectivity index (χ1v) is 22.2. The molecule has 0 aromatic rings. The Hall–Kier alpha value is -1.79. The number of hydrogen-bond donors (Lipinski definition) is 9. The summed E-state index contributed by atoms with van der Waals surface area (Å²) in [4.78, 5) is 12.6. The number of unbranched alkanes of at least 4 members (excludes halogenated alkanes) is 15. The number of amides is 1. The predicted octanol–water partition coefficient (Wildman–Crippen LogP) is 3.98. The molecule has 2 aliphatic heterocycles. The lowest BCUT2D eigenvalue weighted by atomic mass is 9.97. The van der Waals surface area contributed by atoms with Crippen molar-refractivity contribution in [2.45, 2.75) is 216 Å². The van der Waals surface area contributed by atoms with Gasteiger partial charge >= 0.3 is 0 Å². The highest BCUT2D eigenvalue weighted by atomic mass is 16.7. The maximum absolute atomic E-state index is 12.6. The minimum absolute atomic E-state index is 0.244. The molecule has 2 aliphatic rings. The van der Waals surface area contributed by atoms with Gasteiger partial charge in [-0.15, -0.1) is 0 Å². The van der Waals surface area contributed by atoms with E-state index in [1.165, 1.54) is 77.0 Å². The molecule has 2 saturated heterocycles. The van der Waals surface area contributed by atoms with E-state index in [0.717, 1.165) is 32.1 Å². The number of allylic oxidation sites excluding steroid dienone is 5. The Balaban J connectivity index is 1.75. The smallest absolute Gasteiger partial charge is 0.220 e. The molecule has 9 N–H and O–H groups in total. The van der Waals surface area contributed by atoms with E-state index >= 15 is 0 Å². The molecule has 0 aromatic heterocycles. The first kappa shape index (κ1) is 52.3. The van der Waals surface area contributed by atoms with Crippen molar-refractivity contribution >= 4 is 5.91 Å². The second-order valence-electron chi connectivity index (χ2n) is 15.8. The first-order valence-electron chi connectivity index (χ1n) is 22.2. The molecular weight excluding hydrogens is 750 g/mol. The zero-order valence-corrected chi connectivity index (χ0v) is 35.3. The summed E-state index contributed by atoms with van der Waals surface area (Å²) in [6.07, 6.45) is 17.8. The van der Waals surface area contributed by atoms with Gasteiger partial charge in [0.15, 0.2) is 12.6 Å². The number of carbonyl (C=O) groups excluding carboxylic acids is 1. The number of ether oxygens (including phenoxy) is 4. The Morgan fingerprint density at radius 2 is 1.10 bits per heavy atom. The molecule has 14 heteroatoms. The minimum Gasteiger partial charge on any atom is -0.394 e. The van der Waals surface area contributed by atoms with Gasteiger partial charge in [0.25, 0.3) is 0 Å². The SMILES string of the molecule is CCCCCCCCCCCCCC/C=C/CC/C=C/CC/C=C/C(O)C(COC1OC(CO)C(OC2OC(CO)C(O)C(O)C2O)C(O)C1O)NC(=O)CCCC. The van der Waals surface area contributed by atoms with Crippen LogP contribution in [0.3, 0.4) is 0 Å². The van der Waals surface area contributed by atoms with E-state index in [1.54, 1.807) is 6.08 Å². The Bertz CT molecular complexity index is 1120. The summed E-state index contributed by atoms with van der Waals surface area (Å²) in [6, 6.07) is -0.929. The average Bonchev–Trinajstić information content (AvgIpc) is 3.22. The Kier molecular flexibility index (Phi) is 28.9. The topological polar surface area (TPSA) is 228 Å². The van der Waals surface area contributed by atoms with Crippen molar-refractivity contribution in [2.75, 3.05) is 19.8 Å². The zero-order chi connectivity index (χ0) is 42.5. The Morgan fingerprint density at radius 1 is 0.603 bits per heavy atom. The highest BCUT2D eigenvalue weighted by molar-refractivity contribution is 5.76. The summed E-state index contributed by atoms with van der Waals surface area (Å²) in [6.45, 7) is 2.47. The molecule has 58 heavy (non-hydrogen) atoms. The van der Waals surface area contributed by atoms with Crippen molar-refractivity contribution < 1.29 is 64.6 Å². The molecule has 1 amide bonds. The van der Waals surface area contributed by atoms with Crippen LogP contribution in [0.4, 0.5) is 0 Å². The van der Waals surface area contributed by atoms with Gasteiger partial charge in [0, 0.05) is 6.42 Å². The summed E-state index contributed by atoms with van der Waals surface area (Å²) in [7, 11) is 0. The van der Waals surface area contributed by atoms with E-state index in [4.69, 9.17) is 18.9 Å². The lowest BCUT2D eigenvalue weighted by Gasteiger charge is -2.46. The molecule has 12 unspecified atom stereocenters. The van der Waals surface area contributed by atoms with Crippen molar-refractivity contribution in [3.8, 4) is 0 Å². The second-order valence-corrected chi connectivity index (χ2v) is 15.8. The van der Waals surface area contributed by atoms with Gasteiger partial charge in [-0.25, -0.2) is 0 Å². The van der Waals surface area contributed by atoms with Crippen molar-refractivity contribution in [1.29, 1.82) is 0 Å². The van der Waals surface area contributed by atoms with Crippen molar-refractivity contribution in [1.82, 2.24) is 5.32 Å². The lowest BCUT2D eigenvalue weighted by Crippen LogP contribution is -2.65. The number of rotatable bonds is 32. The van der Waals surface area contributed by atoms with Gasteiger partial charge in [0.1, 0.15) is 48.8 Å². The Labute approximate surface area is 347 Å². The number of carbonyl (C=O) groups is 1. The molecule has 2 rings (SSSR count). The van der Waals surface area contributed by atoms with Crippen molar-refractivity contribution in [3.63, 3.8) is 0 Å². The second kappa shape index (κ2) is 32.0. The van der Waals surface area contributed by atoms with Crippen LogP contribution >= 0.6 is 0 Å². The van der Waals surface area contributed by atoms with E-state index < -0.39 is 86.8 Å². The largest absolute Gasteiger partial charge is 0.394 e. The van der Waals surface area contributed by atoms with E-state index in [0.29, 0.717) is 12.8 Å². The fourth-order valence-corrected chi connectivity index (χ4v) is 7.06.